The highest BCUT2D eigenvalue weighted by molar-refractivity contribution is 5.93. The molecule has 0 saturated carbocycles. The topological polar surface area (TPSA) is 114 Å². The summed E-state index contributed by atoms with van der Waals surface area (Å²) in [6.45, 7) is 0.0546. The number of methoxy groups -OCH3 is 3. The van der Waals surface area contributed by atoms with Crippen molar-refractivity contribution < 1.29 is 38.0 Å². The maximum atomic E-state index is 12.8. The molecule has 1 amide bonds. The number of nitrogens with one attached hydrogen (secondary N) is 1. The average Bonchev–Trinajstić information content (AvgIpc) is 2.99. The summed E-state index contributed by atoms with van der Waals surface area (Å²) in [5.41, 5.74) is 3.27. The van der Waals surface area contributed by atoms with Gasteiger partial charge >= 0.3 is 5.97 Å². The van der Waals surface area contributed by atoms with Crippen molar-refractivity contribution in [2.24, 2.45) is 5.10 Å². The van der Waals surface area contributed by atoms with Gasteiger partial charge in [-0.3, -0.25) is 4.79 Å². The first-order chi connectivity index (χ1) is 19.5. The summed E-state index contributed by atoms with van der Waals surface area (Å²) in [6.07, 6.45) is 0.566. The molecule has 0 saturated heterocycles. The molecule has 1 heterocycles. The number of rotatable bonds is 8. The van der Waals surface area contributed by atoms with Crippen LogP contribution in [-0.4, -0.2) is 52.1 Å². The fourth-order valence-corrected chi connectivity index (χ4v) is 4.15. The zero-order valence-corrected chi connectivity index (χ0v) is 22.0. The molecule has 1 aliphatic heterocycles. The molecule has 0 fully saturated rings. The first-order valence-corrected chi connectivity index (χ1v) is 12.3. The molecule has 1 atom stereocenters. The SMILES string of the molecule is COc1cc(C(=O)Oc2cccc(/C=N/NC(=O)[C@@H]3COc4cc5ccccc5cc4O3)c2)cc(OC)c1OC. The molecular formula is C30H26N2O8. The predicted molar refractivity (Wildman–Crippen MR) is 147 cm³/mol. The van der Waals surface area contributed by atoms with Crippen LogP contribution in [0.15, 0.2) is 77.9 Å². The molecular weight excluding hydrogens is 516 g/mol. The molecule has 1 N–H and O–H groups in total. The number of ether oxygens (including phenoxy) is 6. The van der Waals surface area contributed by atoms with Gasteiger partial charge < -0.3 is 28.4 Å². The summed E-state index contributed by atoms with van der Waals surface area (Å²) in [7, 11) is 4.40. The maximum absolute atomic E-state index is 12.8. The molecule has 10 heteroatoms. The molecule has 0 bridgehead atoms. The summed E-state index contributed by atoms with van der Waals surface area (Å²) in [6, 6.07) is 21.2. The maximum Gasteiger partial charge on any atom is 0.343 e. The first kappa shape index (κ1) is 26.4. The van der Waals surface area contributed by atoms with Crippen LogP contribution in [-0.2, 0) is 4.79 Å². The van der Waals surface area contributed by atoms with E-state index in [-0.39, 0.29) is 17.9 Å². The molecule has 0 spiro atoms. The Morgan fingerprint density at radius 3 is 2.25 bits per heavy atom. The quantitative estimate of drug-likeness (QED) is 0.151. The highest BCUT2D eigenvalue weighted by Gasteiger charge is 2.27. The average molecular weight is 543 g/mol. The van der Waals surface area contributed by atoms with E-state index in [1.54, 1.807) is 24.3 Å². The van der Waals surface area contributed by atoms with Crippen molar-refractivity contribution in [2.45, 2.75) is 6.10 Å². The Morgan fingerprint density at radius 2 is 1.57 bits per heavy atom. The minimum absolute atomic E-state index is 0.0546. The molecule has 1 aliphatic rings. The highest BCUT2D eigenvalue weighted by atomic mass is 16.6. The lowest BCUT2D eigenvalue weighted by atomic mass is 10.1. The lowest BCUT2D eigenvalue weighted by molar-refractivity contribution is -0.130. The molecule has 5 rings (SSSR count). The van der Waals surface area contributed by atoms with E-state index in [2.05, 4.69) is 10.5 Å². The highest BCUT2D eigenvalue weighted by Crippen LogP contribution is 2.38. The number of fused-ring (bicyclic) bond motifs is 2. The van der Waals surface area contributed by atoms with Crippen molar-refractivity contribution in [2.75, 3.05) is 27.9 Å². The summed E-state index contributed by atoms with van der Waals surface area (Å²) in [5, 5.41) is 6.02. The number of benzene rings is 4. The van der Waals surface area contributed by atoms with Crippen LogP contribution < -0.4 is 33.8 Å². The molecule has 0 aromatic heterocycles. The number of amides is 1. The predicted octanol–water partition coefficient (Wildman–Crippen LogP) is 4.37. The van der Waals surface area contributed by atoms with Gasteiger partial charge in [0, 0.05) is 0 Å². The second-order valence-electron chi connectivity index (χ2n) is 8.67. The Morgan fingerprint density at radius 1 is 0.875 bits per heavy atom. The Bertz CT molecular complexity index is 1580. The van der Waals surface area contributed by atoms with Gasteiger partial charge in [0.05, 0.1) is 33.1 Å². The number of esters is 1. The fourth-order valence-electron chi connectivity index (χ4n) is 4.15. The van der Waals surface area contributed by atoms with Crippen LogP contribution in [0.5, 0.6) is 34.5 Å². The number of hydrogen-bond acceptors (Lipinski definition) is 9. The Balaban J connectivity index is 1.21. The van der Waals surface area contributed by atoms with Crippen LogP contribution in [0.25, 0.3) is 10.8 Å². The second kappa shape index (κ2) is 11.6. The van der Waals surface area contributed by atoms with Gasteiger partial charge in [0.1, 0.15) is 12.4 Å². The number of carbonyl (C=O) groups excluding carboxylic acids is 2. The van der Waals surface area contributed by atoms with Crippen molar-refractivity contribution in [1.29, 1.82) is 0 Å². The third kappa shape index (κ3) is 5.60. The second-order valence-corrected chi connectivity index (χ2v) is 8.67. The zero-order valence-electron chi connectivity index (χ0n) is 22.0. The molecule has 0 aliphatic carbocycles. The van der Waals surface area contributed by atoms with Gasteiger partial charge in [-0.1, -0.05) is 36.4 Å². The standard InChI is InChI=1S/C30H26N2O8/c1-35-25-14-21(15-26(36-2)28(25)37-3)30(34)39-22-10-6-7-18(11-22)16-31-32-29(33)27-17-38-23-12-19-8-4-5-9-20(19)13-24(23)40-27/h4-16,27H,17H2,1-3H3,(H,32,33)/b31-16+/t27-/m0/s1. The zero-order chi connectivity index (χ0) is 28.1. The fraction of sp³-hybridized carbons (Fsp3) is 0.167. The van der Waals surface area contributed by atoms with E-state index >= 15 is 0 Å². The summed E-state index contributed by atoms with van der Waals surface area (Å²) in [5.74, 6) is 1.31. The summed E-state index contributed by atoms with van der Waals surface area (Å²) < 4.78 is 33.0. The third-order valence-electron chi connectivity index (χ3n) is 6.12. The van der Waals surface area contributed by atoms with Gasteiger partial charge in [0.2, 0.25) is 11.9 Å². The van der Waals surface area contributed by atoms with Crippen molar-refractivity contribution in [3.8, 4) is 34.5 Å². The normalized spacial score (nSPS) is 14.0. The summed E-state index contributed by atoms with van der Waals surface area (Å²) in [4.78, 5) is 25.5. The molecule has 4 aromatic carbocycles. The number of carbonyl (C=O) groups is 2. The summed E-state index contributed by atoms with van der Waals surface area (Å²) >= 11 is 0. The van der Waals surface area contributed by atoms with Gasteiger partial charge in [-0.2, -0.15) is 5.10 Å². The van der Waals surface area contributed by atoms with E-state index < -0.39 is 18.0 Å². The van der Waals surface area contributed by atoms with E-state index in [0.29, 0.717) is 34.3 Å². The van der Waals surface area contributed by atoms with Crippen LogP contribution >= 0.6 is 0 Å². The van der Waals surface area contributed by atoms with Crippen LogP contribution in [0.3, 0.4) is 0 Å². The Hall–Kier alpha value is -5.25. The number of hydrogen-bond donors (Lipinski definition) is 1. The molecule has 204 valence electrons. The molecule has 10 nitrogen and oxygen atoms in total. The lowest BCUT2D eigenvalue weighted by Crippen LogP contribution is -2.42. The number of hydrazone groups is 1. The van der Waals surface area contributed by atoms with Crippen molar-refractivity contribution in [1.82, 2.24) is 5.43 Å². The van der Waals surface area contributed by atoms with Gasteiger partial charge in [-0.15, -0.1) is 0 Å². The van der Waals surface area contributed by atoms with Gasteiger partial charge in [-0.25, -0.2) is 10.2 Å². The van der Waals surface area contributed by atoms with Crippen molar-refractivity contribution in [3.05, 3.63) is 83.9 Å². The van der Waals surface area contributed by atoms with E-state index in [9.17, 15) is 9.59 Å². The lowest BCUT2D eigenvalue weighted by Gasteiger charge is -2.25. The van der Waals surface area contributed by atoms with Gasteiger partial charge in [0.25, 0.3) is 5.91 Å². The monoisotopic (exact) mass is 542 g/mol. The van der Waals surface area contributed by atoms with E-state index in [1.807, 2.05) is 36.4 Å². The van der Waals surface area contributed by atoms with Crippen molar-refractivity contribution >= 4 is 28.9 Å². The first-order valence-electron chi connectivity index (χ1n) is 12.3. The minimum Gasteiger partial charge on any atom is -0.493 e. The Labute approximate surface area is 230 Å². The van der Waals surface area contributed by atoms with Crippen molar-refractivity contribution in [3.63, 3.8) is 0 Å². The molecule has 4 aromatic rings. The number of nitrogens with zero attached hydrogens (tertiary/aromatic N) is 1. The molecule has 0 radical (unpaired) electrons. The van der Waals surface area contributed by atoms with Gasteiger partial charge in [0.15, 0.2) is 23.0 Å². The van der Waals surface area contributed by atoms with Crippen LogP contribution in [0, 0.1) is 0 Å². The molecule has 0 unspecified atom stereocenters. The molecule has 40 heavy (non-hydrogen) atoms. The minimum atomic E-state index is -0.864. The smallest absolute Gasteiger partial charge is 0.343 e. The Kier molecular flexibility index (Phi) is 7.68. The largest absolute Gasteiger partial charge is 0.493 e. The van der Waals surface area contributed by atoms with Gasteiger partial charge in [-0.05, 0) is 52.7 Å². The van der Waals surface area contributed by atoms with E-state index in [4.69, 9.17) is 28.4 Å². The van der Waals surface area contributed by atoms with Crippen LogP contribution in [0.2, 0.25) is 0 Å². The van der Waals surface area contributed by atoms with E-state index in [0.717, 1.165) is 10.8 Å². The van der Waals surface area contributed by atoms with E-state index in [1.165, 1.54) is 39.7 Å². The van der Waals surface area contributed by atoms with Crippen LogP contribution in [0.1, 0.15) is 15.9 Å². The third-order valence-corrected chi connectivity index (χ3v) is 6.12. The van der Waals surface area contributed by atoms with Crippen LogP contribution in [0.4, 0.5) is 0 Å².